The van der Waals surface area contributed by atoms with E-state index in [0.29, 0.717) is 0 Å². The third-order valence-corrected chi connectivity index (χ3v) is 3.09. The lowest BCUT2D eigenvalue weighted by atomic mass is 10.1. The Morgan fingerprint density at radius 2 is 1.95 bits per heavy atom. The monoisotopic (exact) mass is 290 g/mol. The molecule has 1 aromatic heterocycles. The Morgan fingerprint density at radius 1 is 1.29 bits per heavy atom. The van der Waals surface area contributed by atoms with Gasteiger partial charge in [0.05, 0.1) is 6.04 Å². The van der Waals surface area contributed by atoms with Crippen molar-refractivity contribution in [3.8, 4) is 0 Å². The average molecular weight is 290 g/mol. The second-order valence-corrected chi connectivity index (χ2v) is 4.66. The summed E-state index contributed by atoms with van der Waals surface area (Å²) in [7, 11) is 0. The number of rotatable bonds is 5. The van der Waals surface area contributed by atoms with Gasteiger partial charge in [0.2, 0.25) is 0 Å². The van der Waals surface area contributed by atoms with Gasteiger partial charge in [0, 0.05) is 6.20 Å². The van der Waals surface area contributed by atoms with E-state index >= 15 is 0 Å². The first-order valence-electron chi connectivity index (χ1n) is 6.40. The maximum atomic E-state index is 12.9. The van der Waals surface area contributed by atoms with Gasteiger partial charge in [-0.05, 0) is 36.8 Å². The highest BCUT2D eigenvalue weighted by atomic mass is 19.1. The van der Waals surface area contributed by atoms with Crippen LogP contribution in [0.25, 0.3) is 0 Å². The smallest absolute Gasteiger partial charge is 0.323 e. The first-order valence-corrected chi connectivity index (χ1v) is 6.40. The molecule has 1 atom stereocenters. The fourth-order valence-corrected chi connectivity index (χ4v) is 2.01. The van der Waals surface area contributed by atoms with Crippen LogP contribution < -0.4 is 5.32 Å². The molecule has 0 fully saturated rings. The van der Waals surface area contributed by atoms with Crippen LogP contribution in [0.4, 0.5) is 4.39 Å². The molecule has 0 saturated heterocycles. The van der Waals surface area contributed by atoms with Crippen molar-refractivity contribution in [1.29, 1.82) is 0 Å². The third kappa shape index (κ3) is 3.68. The first kappa shape index (κ1) is 14.8. The number of benzene rings is 1. The van der Waals surface area contributed by atoms with Crippen LogP contribution in [0.3, 0.4) is 0 Å². The van der Waals surface area contributed by atoms with Gasteiger partial charge in [-0.1, -0.05) is 12.1 Å². The summed E-state index contributed by atoms with van der Waals surface area (Å²) in [6.45, 7) is 1.50. The molecule has 6 heteroatoms. The molecule has 0 saturated carbocycles. The molecule has 2 N–H and O–H groups in total. The van der Waals surface area contributed by atoms with Gasteiger partial charge in [-0.2, -0.15) is 0 Å². The number of carbonyl (C=O) groups excluding carboxylic acids is 1. The fraction of sp³-hybridized carbons (Fsp3) is 0.200. The van der Waals surface area contributed by atoms with E-state index in [1.807, 2.05) is 0 Å². The summed E-state index contributed by atoms with van der Waals surface area (Å²) in [5, 5.41) is 11.5. The van der Waals surface area contributed by atoms with Gasteiger partial charge >= 0.3 is 5.97 Å². The molecular formula is C15H15FN2O3. The molecule has 1 amide bonds. The van der Waals surface area contributed by atoms with Gasteiger partial charge in [-0.3, -0.25) is 9.59 Å². The topological polar surface area (TPSA) is 71.3 Å². The van der Waals surface area contributed by atoms with E-state index in [0.717, 1.165) is 5.56 Å². The number of hydrogen-bond donors (Lipinski definition) is 2. The number of nitrogens with zero attached hydrogens (tertiary/aromatic N) is 1. The summed E-state index contributed by atoms with van der Waals surface area (Å²) >= 11 is 0. The van der Waals surface area contributed by atoms with Crippen molar-refractivity contribution in [2.75, 3.05) is 0 Å². The molecule has 0 radical (unpaired) electrons. The van der Waals surface area contributed by atoms with Crippen molar-refractivity contribution in [1.82, 2.24) is 9.88 Å². The molecule has 1 unspecified atom stereocenters. The molecule has 1 aromatic carbocycles. The van der Waals surface area contributed by atoms with Crippen LogP contribution in [0.5, 0.6) is 0 Å². The number of hydrogen-bond acceptors (Lipinski definition) is 2. The van der Waals surface area contributed by atoms with Crippen LogP contribution in [0, 0.1) is 5.82 Å². The minimum Gasteiger partial charge on any atom is -0.480 e. The Balaban J connectivity index is 2.09. The van der Waals surface area contributed by atoms with Gasteiger partial charge in [0.1, 0.15) is 18.1 Å². The highest BCUT2D eigenvalue weighted by molar-refractivity contribution is 5.93. The van der Waals surface area contributed by atoms with E-state index in [1.165, 1.54) is 22.9 Å². The lowest BCUT2D eigenvalue weighted by Crippen LogP contribution is -2.29. The second-order valence-electron chi connectivity index (χ2n) is 4.66. The van der Waals surface area contributed by atoms with Gasteiger partial charge in [0.15, 0.2) is 0 Å². The first-order chi connectivity index (χ1) is 9.97. The number of halogens is 1. The van der Waals surface area contributed by atoms with E-state index in [9.17, 15) is 14.0 Å². The molecule has 2 rings (SSSR count). The van der Waals surface area contributed by atoms with Crippen molar-refractivity contribution in [2.45, 2.75) is 19.5 Å². The number of aromatic nitrogens is 1. The van der Waals surface area contributed by atoms with Gasteiger partial charge in [0.25, 0.3) is 5.91 Å². The van der Waals surface area contributed by atoms with Gasteiger partial charge in [-0.25, -0.2) is 4.39 Å². The molecule has 0 spiro atoms. The lowest BCUT2D eigenvalue weighted by molar-refractivity contribution is -0.137. The summed E-state index contributed by atoms with van der Waals surface area (Å²) in [4.78, 5) is 22.9. The largest absolute Gasteiger partial charge is 0.480 e. The Bertz CT molecular complexity index is 649. The summed E-state index contributed by atoms with van der Waals surface area (Å²) in [5.74, 6) is -1.74. The van der Waals surface area contributed by atoms with Crippen LogP contribution >= 0.6 is 0 Å². The van der Waals surface area contributed by atoms with E-state index in [1.54, 1.807) is 31.2 Å². The van der Waals surface area contributed by atoms with Crippen LogP contribution in [0.2, 0.25) is 0 Å². The number of amides is 1. The van der Waals surface area contributed by atoms with Gasteiger partial charge in [-0.15, -0.1) is 0 Å². The molecule has 5 nitrogen and oxygen atoms in total. The predicted molar refractivity (Wildman–Crippen MR) is 74.3 cm³/mol. The van der Waals surface area contributed by atoms with Crippen molar-refractivity contribution < 1.29 is 19.1 Å². The highest BCUT2D eigenvalue weighted by Gasteiger charge is 2.15. The Kier molecular flexibility index (Phi) is 4.37. The van der Waals surface area contributed by atoms with Crippen LogP contribution in [-0.2, 0) is 11.3 Å². The summed E-state index contributed by atoms with van der Waals surface area (Å²) in [5.41, 5.74) is 1.03. The average Bonchev–Trinajstić information content (AvgIpc) is 2.86. The minimum absolute atomic E-state index is 0.270. The van der Waals surface area contributed by atoms with E-state index in [-0.39, 0.29) is 30.0 Å². The SMILES string of the molecule is CC(NC(=O)c1cccn1CC(=O)O)c1ccc(F)cc1. The van der Waals surface area contributed by atoms with Crippen LogP contribution in [0.1, 0.15) is 29.0 Å². The molecule has 0 aliphatic carbocycles. The maximum absolute atomic E-state index is 12.9. The van der Waals surface area contributed by atoms with Crippen molar-refractivity contribution >= 4 is 11.9 Å². The number of aliphatic carboxylic acids is 1. The quantitative estimate of drug-likeness (QED) is 0.886. The molecule has 1 heterocycles. The van der Waals surface area contributed by atoms with Gasteiger partial charge < -0.3 is 15.0 Å². The molecule has 2 aromatic rings. The summed E-state index contributed by atoms with van der Waals surface area (Å²) in [6.07, 6.45) is 1.53. The summed E-state index contributed by atoms with van der Waals surface area (Å²) in [6, 6.07) is 8.69. The fourth-order valence-electron chi connectivity index (χ4n) is 2.01. The number of carbonyl (C=O) groups is 2. The van der Waals surface area contributed by atoms with Crippen LogP contribution in [-0.4, -0.2) is 21.6 Å². The predicted octanol–water partition coefficient (Wildman–Crippen LogP) is 2.20. The Morgan fingerprint density at radius 3 is 2.57 bits per heavy atom. The van der Waals surface area contributed by atoms with Crippen molar-refractivity contribution in [3.05, 3.63) is 59.7 Å². The highest BCUT2D eigenvalue weighted by Crippen LogP contribution is 2.14. The summed E-state index contributed by atoms with van der Waals surface area (Å²) < 4.78 is 14.2. The zero-order valence-electron chi connectivity index (χ0n) is 11.4. The molecular weight excluding hydrogens is 275 g/mol. The Labute approximate surface area is 121 Å². The van der Waals surface area contributed by atoms with E-state index in [4.69, 9.17) is 5.11 Å². The number of nitrogens with one attached hydrogen (secondary N) is 1. The Hall–Kier alpha value is -2.63. The lowest BCUT2D eigenvalue weighted by Gasteiger charge is -2.15. The molecule has 0 aliphatic heterocycles. The zero-order valence-corrected chi connectivity index (χ0v) is 11.4. The zero-order chi connectivity index (χ0) is 15.4. The molecule has 0 aliphatic rings. The van der Waals surface area contributed by atoms with Crippen LogP contribution in [0.15, 0.2) is 42.6 Å². The number of carboxylic acid groups (broad SMARTS) is 1. The standard InChI is InChI=1S/C15H15FN2O3/c1-10(11-4-6-12(16)7-5-11)17-15(21)13-3-2-8-18(13)9-14(19)20/h2-8,10H,9H2,1H3,(H,17,21)(H,19,20). The van der Waals surface area contributed by atoms with Crippen molar-refractivity contribution in [2.24, 2.45) is 0 Å². The third-order valence-electron chi connectivity index (χ3n) is 3.09. The van der Waals surface area contributed by atoms with E-state index in [2.05, 4.69) is 5.32 Å². The normalized spacial score (nSPS) is 11.9. The number of carboxylic acids is 1. The maximum Gasteiger partial charge on any atom is 0.323 e. The minimum atomic E-state index is -1.02. The van der Waals surface area contributed by atoms with Crippen molar-refractivity contribution in [3.63, 3.8) is 0 Å². The van der Waals surface area contributed by atoms with E-state index < -0.39 is 5.97 Å². The molecule has 21 heavy (non-hydrogen) atoms. The molecule has 0 bridgehead atoms. The second kappa shape index (κ2) is 6.21. The molecule has 110 valence electrons.